The number of rotatable bonds is 6. The highest BCUT2D eigenvalue weighted by Gasteiger charge is 2.29. The minimum absolute atomic E-state index is 0.292. The van der Waals surface area contributed by atoms with Crippen molar-refractivity contribution in [2.75, 3.05) is 11.9 Å². The molecule has 2 N–H and O–H groups in total. The summed E-state index contributed by atoms with van der Waals surface area (Å²) in [7, 11) is 0. The topological polar surface area (TPSA) is 67.0 Å². The first-order chi connectivity index (χ1) is 14.4. The molecule has 4 aromatic rings. The highest BCUT2D eigenvalue weighted by atomic mass is 32.1. The predicted octanol–water partition coefficient (Wildman–Crippen LogP) is 5.52. The van der Waals surface area contributed by atoms with Crippen LogP contribution in [0.1, 0.15) is 20.9 Å². The highest BCUT2D eigenvalue weighted by molar-refractivity contribution is 7.11. The van der Waals surface area contributed by atoms with Crippen molar-refractivity contribution in [3.63, 3.8) is 0 Å². The molecule has 0 spiro atoms. The second-order valence-electron chi connectivity index (χ2n) is 6.49. The van der Waals surface area contributed by atoms with Crippen LogP contribution in [0, 0.1) is 0 Å². The molecule has 0 radical (unpaired) electrons. The average Bonchev–Trinajstić information content (AvgIpc) is 3.38. The first-order valence-corrected chi connectivity index (χ1v) is 9.89. The molecule has 5 nitrogen and oxygen atoms in total. The van der Waals surface area contributed by atoms with Crippen LogP contribution in [0.4, 0.5) is 18.9 Å². The van der Waals surface area contributed by atoms with Crippen LogP contribution >= 0.6 is 11.3 Å². The van der Waals surface area contributed by atoms with E-state index in [9.17, 15) is 18.0 Å². The number of H-pyrrole nitrogens is 1. The molecule has 0 aliphatic heterocycles. The van der Waals surface area contributed by atoms with E-state index in [0.717, 1.165) is 28.6 Å². The summed E-state index contributed by atoms with van der Waals surface area (Å²) in [5.74, 6) is 0.304. The van der Waals surface area contributed by atoms with E-state index >= 15 is 0 Å². The Morgan fingerprint density at radius 1 is 1.17 bits per heavy atom. The Morgan fingerprint density at radius 3 is 2.67 bits per heavy atom. The van der Waals surface area contributed by atoms with Gasteiger partial charge in [-0.25, -0.2) is 4.98 Å². The number of benzene rings is 2. The van der Waals surface area contributed by atoms with Gasteiger partial charge in [-0.2, -0.15) is 13.2 Å². The first-order valence-electron chi connectivity index (χ1n) is 9.01. The van der Waals surface area contributed by atoms with Crippen LogP contribution in [-0.4, -0.2) is 22.5 Å². The van der Waals surface area contributed by atoms with Gasteiger partial charge in [-0.3, -0.25) is 4.79 Å². The van der Waals surface area contributed by atoms with E-state index in [1.807, 2.05) is 6.07 Å². The lowest BCUT2D eigenvalue weighted by Crippen LogP contribution is -2.10. The third kappa shape index (κ3) is 4.46. The van der Waals surface area contributed by atoms with Crippen molar-refractivity contribution < 1.29 is 22.7 Å². The van der Waals surface area contributed by atoms with Crippen molar-refractivity contribution in [3.05, 3.63) is 76.4 Å². The molecule has 0 saturated heterocycles. The summed E-state index contributed by atoms with van der Waals surface area (Å²) in [4.78, 5) is 19.3. The first kappa shape index (κ1) is 20.0. The lowest BCUT2D eigenvalue weighted by molar-refractivity contribution is -0.137. The molecular formula is C21H16F3N3O2S. The zero-order valence-electron chi connectivity index (χ0n) is 15.5. The third-order valence-electron chi connectivity index (χ3n) is 4.47. The number of ether oxygens (including phenoxy) is 1. The molecule has 2 aromatic carbocycles. The number of hydrogen-bond donors (Lipinski definition) is 2. The lowest BCUT2D eigenvalue weighted by atomic mass is 10.1. The van der Waals surface area contributed by atoms with Gasteiger partial charge >= 0.3 is 6.18 Å². The summed E-state index contributed by atoms with van der Waals surface area (Å²) in [6, 6.07) is 10.5. The van der Waals surface area contributed by atoms with Gasteiger partial charge in [0.25, 0.3) is 5.91 Å². The standard InChI is InChI=1S/C21H16F3N3O2S/c22-21(23,24)14-3-1-13(2-4-14)7-9-29-15-5-6-17-16(11-15)18(12-26-17)27-19(28)20-25-8-10-30-20/h1-6,8,10-12,26H,7,9H2,(H,27,28). The number of thiazole rings is 1. The van der Waals surface area contributed by atoms with Crippen LogP contribution in [0.5, 0.6) is 5.75 Å². The number of halogens is 3. The van der Waals surface area contributed by atoms with E-state index in [1.54, 1.807) is 29.9 Å². The SMILES string of the molecule is O=C(Nc1c[nH]c2ccc(OCCc3ccc(C(F)(F)F)cc3)cc12)c1nccs1. The highest BCUT2D eigenvalue weighted by Crippen LogP contribution is 2.30. The quantitative estimate of drug-likeness (QED) is 0.423. The molecule has 2 aromatic heterocycles. The third-order valence-corrected chi connectivity index (χ3v) is 5.24. The number of aromatic amines is 1. The van der Waals surface area contributed by atoms with E-state index in [4.69, 9.17) is 4.74 Å². The van der Waals surface area contributed by atoms with E-state index in [0.29, 0.717) is 29.5 Å². The van der Waals surface area contributed by atoms with E-state index in [1.165, 1.54) is 23.5 Å². The van der Waals surface area contributed by atoms with Gasteiger partial charge in [-0.1, -0.05) is 12.1 Å². The predicted molar refractivity (Wildman–Crippen MR) is 109 cm³/mol. The van der Waals surface area contributed by atoms with Crippen LogP contribution in [0.25, 0.3) is 10.9 Å². The second-order valence-corrected chi connectivity index (χ2v) is 7.39. The van der Waals surface area contributed by atoms with Gasteiger partial charge in [0.2, 0.25) is 0 Å². The number of nitrogens with one attached hydrogen (secondary N) is 2. The Morgan fingerprint density at radius 2 is 1.97 bits per heavy atom. The van der Waals surface area contributed by atoms with E-state index in [2.05, 4.69) is 15.3 Å². The summed E-state index contributed by atoms with van der Waals surface area (Å²) < 4.78 is 43.6. The molecule has 2 heterocycles. The Labute approximate surface area is 173 Å². The van der Waals surface area contributed by atoms with E-state index < -0.39 is 11.7 Å². The molecular weight excluding hydrogens is 415 g/mol. The summed E-state index contributed by atoms with van der Waals surface area (Å²) >= 11 is 1.25. The fourth-order valence-corrected chi connectivity index (χ4v) is 3.48. The maximum Gasteiger partial charge on any atom is 0.416 e. The van der Waals surface area contributed by atoms with Crippen LogP contribution in [0.3, 0.4) is 0 Å². The number of hydrogen-bond acceptors (Lipinski definition) is 4. The number of alkyl halides is 3. The van der Waals surface area contributed by atoms with Crippen molar-refractivity contribution in [2.45, 2.75) is 12.6 Å². The normalized spacial score (nSPS) is 11.6. The molecule has 0 fully saturated rings. The van der Waals surface area contributed by atoms with E-state index in [-0.39, 0.29) is 5.91 Å². The zero-order valence-corrected chi connectivity index (χ0v) is 16.3. The Balaban J connectivity index is 1.40. The molecule has 0 aliphatic rings. The van der Waals surface area contributed by atoms with Gasteiger partial charge in [0.1, 0.15) is 5.75 Å². The number of carbonyl (C=O) groups is 1. The smallest absolute Gasteiger partial charge is 0.416 e. The molecule has 4 rings (SSSR count). The minimum Gasteiger partial charge on any atom is -0.493 e. The molecule has 0 bridgehead atoms. The van der Waals surface area contributed by atoms with Crippen LogP contribution in [0.2, 0.25) is 0 Å². The largest absolute Gasteiger partial charge is 0.493 e. The summed E-state index contributed by atoms with van der Waals surface area (Å²) in [6.45, 7) is 0.308. The fourth-order valence-electron chi connectivity index (χ4n) is 2.95. The number of aromatic nitrogens is 2. The molecule has 9 heteroatoms. The molecule has 30 heavy (non-hydrogen) atoms. The number of anilines is 1. The molecule has 0 saturated carbocycles. The number of nitrogens with zero attached hydrogens (tertiary/aromatic N) is 1. The van der Waals surface area contributed by atoms with Gasteiger partial charge in [-0.15, -0.1) is 11.3 Å². The monoisotopic (exact) mass is 431 g/mol. The summed E-state index contributed by atoms with van der Waals surface area (Å²) in [5, 5.41) is 5.71. The van der Waals surface area contributed by atoms with Gasteiger partial charge in [0.05, 0.1) is 17.9 Å². The van der Waals surface area contributed by atoms with Crippen LogP contribution in [0.15, 0.2) is 60.2 Å². The fraction of sp³-hybridized carbons (Fsp3) is 0.143. The molecule has 0 unspecified atom stereocenters. The zero-order chi connectivity index (χ0) is 21.1. The molecule has 0 aliphatic carbocycles. The Hall–Kier alpha value is -3.33. The van der Waals surface area contributed by atoms with Crippen molar-refractivity contribution in [1.82, 2.24) is 9.97 Å². The van der Waals surface area contributed by atoms with Crippen LogP contribution < -0.4 is 10.1 Å². The summed E-state index contributed by atoms with van der Waals surface area (Å²) in [6.07, 6.45) is -0.607. The number of carbonyl (C=O) groups excluding carboxylic acids is 1. The Kier molecular flexibility index (Phi) is 5.45. The van der Waals surface area contributed by atoms with Crippen molar-refractivity contribution >= 4 is 33.8 Å². The van der Waals surface area contributed by atoms with Gasteiger partial charge in [-0.05, 0) is 35.9 Å². The Bertz CT molecular complexity index is 1150. The lowest BCUT2D eigenvalue weighted by Gasteiger charge is -2.09. The molecule has 0 atom stereocenters. The average molecular weight is 431 g/mol. The number of fused-ring (bicyclic) bond motifs is 1. The molecule has 154 valence electrons. The molecule has 1 amide bonds. The van der Waals surface area contributed by atoms with Gasteiger partial charge < -0.3 is 15.0 Å². The number of amides is 1. The van der Waals surface area contributed by atoms with Crippen molar-refractivity contribution in [2.24, 2.45) is 0 Å². The maximum atomic E-state index is 12.6. The van der Waals surface area contributed by atoms with Gasteiger partial charge in [0, 0.05) is 35.1 Å². The van der Waals surface area contributed by atoms with Crippen LogP contribution in [-0.2, 0) is 12.6 Å². The van der Waals surface area contributed by atoms with Crippen molar-refractivity contribution in [3.8, 4) is 5.75 Å². The maximum absolute atomic E-state index is 12.6. The minimum atomic E-state index is -4.34. The summed E-state index contributed by atoms with van der Waals surface area (Å²) in [5.41, 5.74) is 1.53. The second kappa shape index (κ2) is 8.19. The van der Waals surface area contributed by atoms with Crippen molar-refractivity contribution in [1.29, 1.82) is 0 Å². The van der Waals surface area contributed by atoms with Gasteiger partial charge in [0.15, 0.2) is 5.01 Å².